The van der Waals surface area contributed by atoms with Crippen LogP contribution in [0, 0.1) is 5.82 Å². The van der Waals surface area contributed by atoms with Crippen LogP contribution in [0.1, 0.15) is 61.4 Å². The van der Waals surface area contributed by atoms with Gasteiger partial charge in [0.05, 0.1) is 23.0 Å². The fourth-order valence-corrected chi connectivity index (χ4v) is 4.64. The van der Waals surface area contributed by atoms with Crippen LogP contribution in [0.3, 0.4) is 0 Å². The molecule has 4 aromatic rings. The summed E-state index contributed by atoms with van der Waals surface area (Å²) >= 11 is 0. The topological polar surface area (TPSA) is 67.8 Å². The number of fused-ring (bicyclic) bond motifs is 1. The molecule has 3 aromatic heterocycles. The van der Waals surface area contributed by atoms with Crippen molar-refractivity contribution in [2.75, 3.05) is 20.6 Å². The number of carbonyl (C=O) groups excluding carboxylic acids is 1. The number of allylic oxidation sites excluding steroid dienone is 2. The summed E-state index contributed by atoms with van der Waals surface area (Å²) in [7, 11) is 3.61. The molecule has 0 aliphatic rings. The van der Waals surface area contributed by atoms with Crippen LogP contribution in [0.25, 0.3) is 16.8 Å². The van der Waals surface area contributed by atoms with Gasteiger partial charge in [-0.15, -0.1) is 0 Å². The summed E-state index contributed by atoms with van der Waals surface area (Å²) in [6, 6.07) is 12.0. The minimum Gasteiger partial charge on any atom is -0.342 e. The highest BCUT2D eigenvalue weighted by molar-refractivity contribution is 6.08. The fourth-order valence-electron chi connectivity index (χ4n) is 4.64. The highest BCUT2D eigenvalue weighted by Crippen LogP contribution is 2.29. The van der Waals surface area contributed by atoms with Crippen molar-refractivity contribution < 1.29 is 9.18 Å². The smallest absolute Gasteiger partial charge is 0.258 e. The number of hydrogen-bond donors (Lipinski definition) is 0. The zero-order valence-corrected chi connectivity index (χ0v) is 23.1. The number of aliphatic imine (C=N–C) groups is 1. The highest BCUT2D eigenvalue weighted by Gasteiger charge is 2.24. The second-order valence-corrected chi connectivity index (χ2v) is 9.64. The van der Waals surface area contributed by atoms with Crippen LogP contribution in [0.5, 0.6) is 0 Å². The zero-order valence-electron chi connectivity index (χ0n) is 23.1. The van der Waals surface area contributed by atoms with Crippen LogP contribution in [-0.2, 0) is 6.54 Å². The zero-order chi connectivity index (χ0) is 27.6. The Morgan fingerprint density at radius 1 is 1.08 bits per heavy atom. The minimum absolute atomic E-state index is 0.146. The van der Waals surface area contributed by atoms with Gasteiger partial charge in [0.25, 0.3) is 5.91 Å². The van der Waals surface area contributed by atoms with Gasteiger partial charge in [-0.25, -0.2) is 8.91 Å². The molecule has 0 aliphatic carbocycles. The molecule has 0 atom stereocenters. The number of nitrogens with zero attached hydrogens (tertiary/aromatic N) is 6. The number of hydrogen-bond acceptors (Lipinski definition) is 4. The molecule has 0 radical (unpaired) electrons. The summed E-state index contributed by atoms with van der Waals surface area (Å²) in [6.07, 6.45) is 16.0. The van der Waals surface area contributed by atoms with Crippen molar-refractivity contribution >= 4 is 17.1 Å². The van der Waals surface area contributed by atoms with Gasteiger partial charge >= 0.3 is 0 Å². The standard InChI is InChI=1S/C31H37FN6O/c1-4-5-17-27(33-2)24-22-34-37(23-24)20-13-8-6-7-12-19-36(3)31(39)29-28-18-11-14-21-38(28)35-30(29)25-15-9-10-16-26(25)32/h5,9-11,14-18,21-23H,4,6-8,12-13,19-20H2,1-3H3/b17-5-,33-27?. The van der Waals surface area contributed by atoms with Crippen LogP contribution in [0.15, 0.2) is 78.2 Å². The lowest BCUT2D eigenvalue weighted by atomic mass is 10.0. The van der Waals surface area contributed by atoms with E-state index in [-0.39, 0.29) is 5.91 Å². The summed E-state index contributed by atoms with van der Waals surface area (Å²) in [6.45, 7) is 3.61. The van der Waals surface area contributed by atoms with Crippen LogP contribution in [-0.4, -0.2) is 56.6 Å². The summed E-state index contributed by atoms with van der Waals surface area (Å²) in [5.74, 6) is -0.538. The molecule has 3 heterocycles. The second kappa shape index (κ2) is 13.6. The lowest BCUT2D eigenvalue weighted by molar-refractivity contribution is 0.0795. The molecule has 0 spiro atoms. The van der Waals surface area contributed by atoms with Gasteiger partial charge in [-0.3, -0.25) is 14.5 Å². The summed E-state index contributed by atoms with van der Waals surface area (Å²) in [5.41, 5.74) is 3.80. The molecule has 0 fully saturated rings. The Balaban J connectivity index is 1.27. The lowest BCUT2D eigenvalue weighted by Crippen LogP contribution is -2.28. The normalized spacial score (nSPS) is 12.1. The predicted molar refractivity (Wildman–Crippen MR) is 155 cm³/mol. The van der Waals surface area contributed by atoms with Crippen LogP contribution in [0.2, 0.25) is 0 Å². The monoisotopic (exact) mass is 528 g/mol. The van der Waals surface area contributed by atoms with Crippen molar-refractivity contribution in [1.29, 1.82) is 0 Å². The van der Waals surface area contributed by atoms with Crippen molar-refractivity contribution in [2.24, 2.45) is 4.99 Å². The fraction of sp³-hybridized carbons (Fsp3) is 0.355. The predicted octanol–water partition coefficient (Wildman–Crippen LogP) is 6.44. The molecule has 7 nitrogen and oxygen atoms in total. The average molecular weight is 529 g/mol. The van der Waals surface area contributed by atoms with Gasteiger partial charge in [0, 0.05) is 50.7 Å². The van der Waals surface area contributed by atoms with Crippen LogP contribution >= 0.6 is 0 Å². The van der Waals surface area contributed by atoms with Gasteiger partial charge in [-0.05, 0) is 49.6 Å². The maximum absolute atomic E-state index is 14.6. The van der Waals surface area contributed by atoms with Crippen molar-refractivity contribution in [3.63, 3.8) is 0 Å². The van der Waals surface area contributed by atoms with Crippen LogP contribution in [0.4, 0.5) is 4.39 Å². The van der Waals surface area contributed by atoms with Crippen molar-refractivity contribution in [3.05, 3.63) is 90.2 Å². The Hall–Kier alpha value is -4.07. The van der Waals surface area contributed by atoms with E-state index in [9.17, 15) is 9.18 Å². The Morgan fingerprint density at radius 2 is 1.85 bits per heavy atom. The van der Waals surface area contributed by atoms with E-state index < -0.39 is 5.82 Å². The van der Waals surface area contributed by atoms with Gasteiger partial charge in [0.1, 0.15) is 11.5 Å². The van der Waals surface area contributed by atoms with E-state index in [0.717, 1.165) is 56.3 Å². The van der Waals surface area contributed by atoms with Crippen molar-refractivity contribution in [1.82, 2.24) is 24.3 Å². The van der Waals surface area contributed by atoms with E-state index >= 15 is 0 Å². The molecule has 0 aliphatic heterocycles. The Labute approximate surface area is 229 Å². The number of pyridine rings is 1. The molecule has 1 amide bonds. The molecule has 39 heavy (non-hydrogen) atoms. The molecular formula is C31H37FN6O. The summed E-state index contributed by atoms with van der Waals surface area (Å²) in [4.78, 5) is 19.6. The summed E-state index contributed by atoms with van der Waals surface area (Å²) < 4.78 is 18.2. The third-order valence-electron chi connectivity index (χ3n) is 6.79. The van der Waals surface area contributed by atoms with Crippen molar-refractivity contribution in [3.8, 4) is 11.3 Å². The molecule has 4 rings (SSSR count). The number of rotatable bonds is 13. The number of aromatic nitrogens is 4. The first-order valence-electron chi connectivity index (χ1n) is 13.7. The number of halogens is 1. The second-order valence-electron chi connectivity index (χ2n) is 9.64. The first-order chi connectivity index (χ1) is 19.0. The first kappa shape index (κ1) is 28.0. The molecule has 1 aromatic carbocycles. The van der Waals surface area contributed by atoms with Gasteiger partial charge in [0.2, 0.25) is 0 Å². The number of unbranched alkanes of at least 4 members (excludes halogenated alkanes) is 4. The molecule has 8 heteroatoms. The van der Waals surface area contributed by atoms with Gasteiger partial charge in [0.15, 0.2) is 0 Å². The van der Waals surface area contributed by atoms with Crippen molar-refractivity contribution in [2.45, 2.75) is 52.0 Å². The third-order valence-corrected chi connectivity index (χ3v) is 6.79. The lowest BCUT2D eigenvalue weighted by Gasteiger charge is -2.17. The third kappa shape index (κ3) is 6.88. The minimum atomic E-state index is -0.392. The Morgan fingerprint density at radius 3 is 2.64 bits per heavy atom. The average Bonchev–Trinajstić information content (AvgIpc) is 3.57. The summed E-state index contributed by atoms with van der Waals surface area (Å²) in [5, 5.41) is 9.02. The maximum Gasteiger partial charge on any atom is 0.258 e. The molecule has 0 bridgehead atoms. The number of benzene rings is 1. The van der Waals surface area contributed by atoms with Gasteiger partial charge in [-0.1, -0.05) is 50.5 Å². The molecule has 0 saturated heterocycles. The van der Waals surface area contributed by atoms with Crippen LogP contribution < -0.4 is 0 Å². The van der Waals surface area contributed by atoms with E-state index in [0.29, 0.717) is 28.9 Å². The van der Waals surface area contributed by atoms with E-state index in [1.165, 1.54) is 6.07 Å². The Kier molecular flexibility index (Phi) is 9.78. The largest absolute Gasteiger partial charge is 0.342 e. The van der Waals surface area contributed by atoms with E-state index in [4.69, 9.17) is 0 Å². The van der Waals surface area contributed by atoms with Gasteiger partial charge in [-0.2, -0.15) is 10.2 Å². The maximum atomic E-state index is 14.6. The number of aryl methyl sites for hydroxylation is 1. The number of amides is 1. The molecule has 0 saturated carbocycles. The molecular weight excluding hydrogens is 491 g/mol. The first-order valence-corrected chi connectivity index (χ1v) is 13.7. The quantitative estimate of drug-likeness (QED) is 0.148. The highest BCUT2D eigenvalue weighted by atomic mass is 19.1. The number of carbonyl (C=O) groups is 1. The van der Waals surface area contributed by atoms with E-state index in [2.05, 4.69) is 34.4 Å². The molecule has 0 N–H and O–H groups in total. The SMILES string of the molecule is CC/C=C\C(=NC)c1cnn(CCCCCCCN(C)C(=O)c2c(-c3ccccc3F)nn3ccccc23)c1. The van der Waals surface area contributed by atoms with E-state index in [1.54, 1.807) is 47.9 Å². The van der Waals surface area contributed by atoms with E-state index in [1.807, 2.05) is 35.2 Å². The Bertz CT molecular complexity index is 1450. The molecule has 0 unspecified atom stereocenters. The molecule has 204 valence electrons. The van der Waals surface area contributed by atoms with Gasteiger partial charge < -0.3 is 4.90 Å².